The smallest absolute Gasteiger partial charge is 0.194 e. The second-order valence-electron chi connectivity index (χ2n) is 13.5. The van der Waals surface area contributed by atoms with Crippen LogP contribution in [0.4, 0.5) is 26.3 Å². The van der Waals surface area contributed by atoms with Crippen LogP contribution in [0.3, 0.4) is 0 Å². The van der Waals surface area contributed by atoms with Gasteiger partial charge in [0, 0.05) is 33.1 Å². The summed E-state index contributed by atoms with van der Waals surface area (Å²) >= 11 is 2.13. The van der Waals surface area contributed by atoms with Gasteiger partial charge in [-0.1, -0.05) is 134 Å². The van der Waals surface area contributed by atoms with Crippen molar-refractivity contribution in [2.24, 2.45) is 5.92 Å². The fourth-order valence-corrected chi connectivity index (χ4v) is 8.86. The molecule has 1 heterocycles. The van der Waals surface area contributed by atoms with Gasteiger partial charge in [0.2, 0.25) is 0 Å². The van der Waals surface area contributed by atoms with Gasteiger partial charge in [0.25, 0.3) is 0 Å². The molecule has 6 aromatic carbocycles. The Morgan fingerprint density at radius 3 is 1.56 bits per heavy atom. The maximum atomic E-state index is 15.9. The normalized spacial score (nSPS) is 16.6. The summed E-state index contributed by atoms with van der Waals surface area (Å²) in [5.74, 6) is -5.07. The lowest BCUT2D eigenvalue weighted by Gasteiger charge is -2.26. The van der Waals surface area contributed by atoms with E-state index < -0.39 is 34.8 Å². The number of hydrogen-bond donors (Lipinski definition) is 0. The Kier molecular flexibility index (Phi) is 9.11. The maximum Gasteiger partial charge on any atom is 0.380 e. The van der Waals surface area contributed by atoms with E-state index in [1.165, 1.54) is 26.0 Å². The summed E-state index contributed by atoms with van der Waals surface area (Å²) in [5.41, 5.74) is -1.63. The van der Waals surface area contributed by atoms with Crippen molar-refractivity contribution >= 4 is 71.8 Å². The van der Waals surface area contributed by atoms with E-state index in [1.54, 1.807) is 6.26 Å². The van der Waals surface area contributed by atoms with E-state index in [-0.39, 0.29) is 20.2 Å². The molecule has 8 rings (SSSR count). The van der Waals surface area contributed by atoms with Crippen LogP contribution in [0.1, 0.15) is 33.4 Å². The second-order valence-corrected chi connectivity index (χ2v) is 15.6. The van der Waals surface area contributed by atoms with Gasteiger partial charge in [-0.3, -0.25) is 0 Å². The number of fused-ring (bicyclic) bond motifs is 4. The molecule has 0 saturated heterocycles. The zero-order valence-electron chi connectivity index (χ0n) is 29.7. The minimum Gasteiger partial charge on any atom is -0.194 e. The first-order valence-electron chi connectivity index (χ1n) is 17.4. The minimum absolute atomic E-state index is 0.177. The van der Waals surface area contributed by atoms with Gasteiger partial charge in [-0.15, -0.1) is 23.1 Å². The quantitative estimate of drug-likeness (QED) is 0.0975. The fourth-order valence-electron chi connectivity index (χ4n) is 7.49. The fraction of sp³-hybridized carbons (Fsp3) is 0.149. The third-order valence-corrected chi connectivity index (χ3v) is 11.8. The molecule has 1 unspecified atom stereocenters. The van der Waals surface area contributed by atoms with E-state index in [4.69, 9.17) is 0 Å². The highest BCUT2D eigenvalue weighted by Crippen LogP contribution is 2.64. The van der Waals surface area contributed by atoms with Gasteiger partial charge in [0.1, 0.15) is 0 Å². The lowest BCUT2D eigenvalue weighted by Crippen LogP contribution is -2.49. The highest BCUT2D eigenvalue weighted by Gasteiger charge is 2.80. The molecule has 0 fully saturated rings. The molecule has 8 heteroatoms. The molecule has 272 valence electrons. The minimum atomic E-state index is -5.66. The largest absolute Gasteiger partial charge is 0.380 e. The zero-order chi connectivity index (χ0) is 38.7. The number of hydrogen-bond acceptors (Lipinski definition) is 2. The third kappa shape index (κ3) is 6.00. The van der Waals surface area contributed by atoms with E-state index in [1.807, 2.05) is 97.1 Å². The molecule has 0 aliphatic heterocycles. The molecule has 1 atom stereocenters. The van der Waals surface area contributed by atoms with Crippen molar-refractivity contribution in [3.8, 4) is 23.7 Å². The van der Waals surface area contributed by atoms with Crippen molar-refractivity contribution < 1.29 is 26.3 Å². The maximum absolute atomic E-state index is 15.9. The summed E-state index contributed by atoms with van der Waals surface area (Å²) in [6.07, 6.45) is 2.95. The average molecular weight is 773 g/mol. The Balaban J connectivity index is 1.24. The van der Waals surface area contributed by atoms with Crippen LogP contribution >= 0.6 is 23.1 Å². The van der Waals surface area contributed by atoms with Crippen LogP contribution in [0, 0.1) is 36.5 Å². The summed E-state index contributed by atoms with van der Waals surface area (Å²) in [4.78, 5) is 0.741. The highest BCUT2D eigenvalue weighted by molar-refractivity contribution is 8.02. The van der Waals surface area contributed by atoms with Crippen LogP contribution in [-0.2, 0) is 0 Å². The lowest BCUT2D eigenvalue weighted by molar-refractivity contribution is -0.261. The summed E-state index contributed by atoms with van der Waals surface area (Å²) in [6, 6.07) is 36.2. The van der Waals surface area contributed by atoms with Crippen LogP contribution in [-0.4, -0.2) is 24.0 Å². The highest BCUT2D eigenvalue weighted by atomic mass is 32.2. The predicted octanol–water partition coefficient (Wildman–Crippen LogP) is 13.7. The molecule has 55 heavy (non-hydrogen) atoms. The van der Waals surface area contributed by atoms with Crippen molar-refractivity contribution in [2.75, 3.05) is 6.26 Å². The molecule has 1 aliphatic rings. The van der Waals surface area contributed by atoms with E-state index in [9.17, 15) is 0 Å². The number of thioether (sulfide) groups is 1. The SMILES string of the molecule is CSC(C#Cc1c2ccccc2cc2ccccc12)=CC(C)C1=C(c2cc(C#Cc3c4ccccc4cc4ccccc34)sc2C)C(F)(F)C(F)(F)C1(F)F. The summed E-state index contributed by atoms with van der Waals surface area (Å²) in [5, 5.41) is 7.37. The molecule has 0 saturated carbocycles. The van der Waals surface area contributed by atoms with Crippen molar-refractivity contribution in [1.29, 1.82) is 0 Å². The van der Waals surface area contributed by atoms with Gasteiger partial charge < -0.3 is 0 Å². The van der Waals surface area contributed by atoms with Gasteiger partial charge in [0.15, 0.2) is 0 Å². The molecular formula is C47H30F6S2. The van der Waals surface area contributed by atoms with Crippen LogP contribution in [0.2, 0.25) is 0 Å². The molecule has 0 spiro atoms. The van der Waals surface area contributed by atoms with Crippen LogP contribution < -0.4 is 0 Å². The standard InChI is InChI=1S/C47H30F6S2/c1-28(24-34(54-3)20-22-40-36-16-8-4-12-30(36)25-31-13-5-9-17-37(31)40)43-44(46(50,51)47(52,53)45(43,48)49)42-27-35(55-29(42)2)21-23-41-38-18-10-6-14-32(38)26-33-15-7-11-19-39(33)41/h4-19,24-28H,1-3H3. The van der Waals surface area contributed by atoms with Gasteiger partial charge in [-0.2, -0.15) is 26.3 Å². The van der Waals surface area contributed by atoms with E-state index >= 15 is 26.3 Å². The summed E-state index contributed by atoms with van der Waals surface area (Å²) in [7, 11) is 0. The molecule has 0 N–H and O–H groups in total. The number of rotatable bonds is 4. The molecule has 0 radical (unpaired) electrons. The van der Waals surface area contributed by atoms with E-state index in [2.05, 4.69) is 35.8 Å². The summed E-state index contributed by atoms with van der Waals surface area (Å²) in [6.45, 7) is 2.70. The van der Waals surface area contributed by atoms with E-state index in [0.29, 0.717) is 11.1 Å². The molecule has 0 nitrogen and oxygen atoms in total. The van der Waals surface area contributed by atoms with Gasteiger partial charge in [-0.25, -0.2) is 0 Å². The molecule has 1 aliphatic carbocycles. The topological polar surface area (TPSA) is 0 Å². The monoisotopic (exact) mass is 772 g/mol. The van der Waals surface area contributed by atoms with E-state index in [0.717, 1.165) is 66.2 Å². The van der Waals surface area contributed by atoms with Crippen LogP contribution in [0.5, 0.6) is 0 Å². The first-order valence-corrected chi connectivity index (χ1v) is 19.5. The van der Waals surface area contributed by atoms with Crippen LogP contribution in [0.25, 0.3) is 48.7 Å². The zero-order valence-corrected chi connectivity index (χ0v) is 31.3. The Morgan fingerprint density at radius 2 is 1.09 bits per heavy atom. The molecule has 7 aromatic rings. The molecular weight excluding hydrogens is 743 g/mol. The Morgan fingerprint density at radius 1 is 0.636 bits per heavy atom. The summed E-state index contributed by atoms with van der Waals surface area (Å²) < 4.78 is 94.1. The number of allylic oxidation sites excluding steroid dienone is 4. The molecule has 0 bridgehead atoms. The average Bonchev–Trinajstić information content (AvgIpc) is 3.59. The lowest BCUT2D eigenvalue weighted by atomic mass is 9.91. The Hall–Kier alpha value is -5.41. The van der Waals surface area contributed by atoms with Gasteiger partial charge in [0.05, 0.1) is 9.78 Å². The third-order valence-electron chi connectivity index (χ3n) is 10.1. The van der Waals surface area contributed by atoms with Crippen LogP contribution in [0.15, 0.2) is 132 Å². The number of halogens is 6. The van der Waals surface area contributed by atoms with Crippen molar-refractivity contribution in [1.82, 2.24) is 0 Å². The number of aryl methyl sites for hydroxylation is 1. The number of thiophene rings is 1. The van der Waals surface area contributed by atoms with Crippen molar-refractivity contribution in [3.63, 3.8) is 0 Å². The number of benzene rings is 6. The van der Waals surface area contributed by atoms with Crippen molar-refractivity contribution in [2.45, 2.75) is 31.6 Å². The Bertz CT molecular complexity index is 2780. The first kappa shape index (κ1) is 36.6. The number of alkyl halides is 6. The van der Waals surface area contributed by atoms with Crippen molar-refractivity contribution in [3.05, 3.63) is 158 Å². The molecule has 0 amide bonds. The van der Waals surface area contributed by atoms with Gasteiger partial charge in [-0.05, 0) is 80.0 Å². The molecule has 1 aromatic heterocycles. The first-order chi connectivity index (χ1) is 26.3. The second kappa shape index (κ2) is 13.7. The van der Waals surface area contributed by atoms with Gasteiger partial charge >= 0.3 is 17.8 Å². The Labute approximate surface area is 322 Å². The predicted molar refractivity (Wildman–Crippen MR) is 217 cm³/mol.